The van der Waals surface area contributed by atoms with E-state index < -0.39 is 0 Å². The molecule has 21 heavy (non-hydrogen) atoms. The Morgan fingerprint density at radius 1 is 0.905 bits per heavy atom. The molecule has 0 bridgehead atoms. The van der Waals surface area contributed by atoms with Crippen molar-refractivity contribution < 1.29 is 4.74 Å². The van der Waals surface area contributed by atoms with Crippen LogP contribution in [0.2, 0.25) is 5.15 Å². The van der Waals surface area contributed by atoms with E-state index in [1.54, 1.807) is 0 Å². The summed E-state index contributed by atoms with van der Waals surface area (Å²) in [6, 6.07) is 17.9. The number of hydrogen-bond acceptors (Lipinski definition) is 3. The maximum absolute atomic E-state index is 6.01. The lowest BCUT2D eigenvalue weighted by atomic mass is 10.1. The van der Waals surface area contributed by atoms with Crippen molar-refractivity contribution in [1.29, 1.82) is 0 Å². The van der Waals surface area contributed by atoms with Gasteiger partial charge in [0, 0.05) is 11.1 Å². The average molecular weight is 297 g/mol. The average Bonchev–Trinajstić information content (AvgIpc) is 2.53. The fourth-order valence-corrected chi connectivity index (χ4v) is 2.16. The molecule has 3 rings (SSSR count). The van der Waals surface area contributed by atoms with Gasteiger partial charge in [0.25, 0.3) is 0 Å². The summed E-state index contributed by atoms with van der Waals surface area (Å²) in [6.45, 7) is 1.84. The van der Waals surface area contributed by atoms with Gasteiger partial charge in [-0.1, -0.05) is 60.1 Å². The van der Waals surface area contributed by atoms with Gasteiger partial charge >= 0.3 is 0 Å². The zero-order chi connectivity index (χ0) is 14.7. The van der Waals surface area contributed by atoms with Crippen molar-refractivity contribution in [1.82, 2.24) is 9.97 Å². The van der Waals surface area contributed by atoms with E-state index in [-0.39, 0.29) is 0 Å². The number of rotatable bonds is 3. The fraction of sp³-hybridized carbons (Fsp3) is 0.0588. The molecular weight excluding hydrogens is 284 g/mol. The molecule has 0 aliphatic rings. The third-order valence-electron chi connectivity index (χ3n) is 3.15. The summed E-state index contributed by atoms with van der Waals surface area (Å²) in [7, 11) is 0. The zero-order valence-corrected chi connectivity index (χ0v) is 12.2. The lowest BCUT2D eigenvalue weighted by Crippen LogP contribution is -1.95. The minimum Gasteiger partial charge on any atom is -0.438 e. The van der Waals surface area contributed by atoms with E-state index in [9.17, 15) is 0 Å². The van der Waals surface area contributed by atoms with Crippen LogP contribution in [0.25, 0.3) is 11.1 Å². The summed E-state index contributed by atoms with van der Waals surface area (Å²) < 4.78 is 5.94. The topological polar surface area (TPSA) is 35.0 Å². The van der Waals surface area contributed by atoms with Crippen molar-refractivity contribution in [2.75, 3.05) is 0 Å². The molecule has 0 unspecified atom stereocenters. The van der Waals surface area contributed by atoms with Crippen LogP contribution in [0.5, 0.6) is 11.6 Å². The maximum Gasteiger partial charge on any atom is 0.226 e. The van der Waals surface area contributed by atoms with Crippen LogP contribution >= 0.6 is 11.6 Å². The van der Waals surface area contributed by atoms with Gasteiger partial charge in [0.05, 0.1) is 0 Å². The third kappa shape index (κ3) is 2.88. The molecular formula is C17H13ClN2O. The van der Waals surface area contributed by atoms with Crippen LogP contribution in [-0.4, -0.2) is 9.97 Å². The zero-order valence-electron chi connectivity index (χ0n) is 11.5. The number of aromatic nitrogens is 2. The number of nitrogens with zero attached hydrogens (tertiary/aromatic N) is 2. The molecule has 0 aliphatic carbocycles. The Balaban J connectivity index is 2.02. The van der Waals surface area contributed by atoms with Gasteiger partial charge < -0.3 is 4.74 Å². The number of halogens is 1. The lowest BCUT2D eigenvalue weighted by Gasteiger charge is -2.12. The first kappa shape index (κ1) is 13.6. The second-order valence-electron chi connectivity index (χ2n) is 4.56. The third-order valence-corrected chi connectivity index (χ3v) is 3.54. The Bertz CT molecular complexity index is 760. The van der Waals surface area contributed by atoms with E-state index in [1.807, 2.05) is 61.5 Å². The molecule has 0 spiro atoms. The predicted molar refractivity (Wildman–Crippen MR) is 83.7 cm³/mol. The number of ether oxygens (including phenoxy) is 1. The van der Waals surface area contributed by atoms with Crippen LogP contribution in [0.3, 0.4) is 0 Å². The van der Waals surface area contributed by atoms with Gasteiger partial charge in [-0.3, -0.25) is 0 Å². The van der Waals surface area contributed by atoms with Crippen molar-refractivity contribution in [3.05, 3.63) is 71.6 Å². The molecule has 1 heterocycles. The van der Waals surface area contributed by atoms with Crippen molar-refractivity contribution in [3.63, 3.8) is 0 Å². The van der Waals surface area contributed by atoms with Crippen LogP contribution in [0.15, 0.2) is 60.9 Å². The highest BCUT2D eigenvalue weighted by Gasteiger charge is 2.11. The SMILES string of the molecule is Cc1c(Cl)ncnc1Oc1ccccc1-c1ccccc1. The molecule has 0 aliphatic heterocycles. The largest absolute Gasteiger partial charge is 0.438 e. The van der Waals surface area contributed by atoms with Gasteiger partial charge in [0.2, 0.25) is 5.88 Å². The first-order valence-electron chi connectivity index (χ1n) is 6.55. The molecule has 3 nitrogen and oxygen atoms in total. The second kappa shape index (κ2) is 5.94. The maximum atomic E-state index is 6.01. The van der Waals surface area contributed by atoms with Crippen LogP contribution in [0.4, 0.5) is 0 Å². The number of para-hydroxylation sites is 1. The van der Waals surface area contributed by atoms with Crippen molar-refractivity contribution in [3.8, 4) is 22.8 Å². The van der Waals surface area contributed by atoms with E-state index in [4.69, 9.17) is 16.3 Å². The van der Waals surface area contributed by atoms with Crippen LogP contribution in [0, 0.1) is 6.92 Å². The number of benzene rings is 2. The van der Waals surface area contributed by atoms with E-state index in [2.05, 4.69) is 9.97 Å². The summed E-state index contributed by atoms with van der Waals surface area (Å²) in [4.78, 5) is 8.09. The molecule has 0 N–H and O–H groups in total. The Morgan fingerprint density at radius 2 is 1.62 bits per heavy atom. The normalized spacial score (nSPS) is 10.4. The van der Waals surface area contributed by atoms with E-state index in [0.29, 0.717) is 11.0 Å². The highest BCUT2D eigenvalue weighted by Crippen LogP contribution is 2.34. The smallest absolute Gasteiger partial charge is 0.226 e. The van der Waals surface area contributed by atoms with Gasteiger partial charge in [0.15, 0.2) is 0 Å². The molecule has 0 radical (unpaired) electrons. The minimum atomic E-state index is 0.400. The first-order valence-corrected chi connectivity index (χ1v) is 6.93. The molecule has 0 saturated heterocycles. The Hall–Kier alpha value is -2.39. The molecule has 0 amide bonds. The van der Waals surface area contributed by atoms with Gasteiger partial charge in [-0.15, -0.1) is 0 Å². The molecule has 3 aromatic rings. The van der Waals surface area contributed by atoms with E-state index in [1.165, 1.54) is 6.33 Å². The van der Waals surface area contributed by atoms with Crippen molar-refractivity contribution in [2.45, 2.75) is 6.92 Å². The van der Waals surface area contributed by atoms with Crippen molar-refractivity contribution >= 4 is 11.6 Å². The quantitative estimate of drug-likeness (QED) is 0.645. The highest BCUT2D eigenvalue weighted by atomic mass is 35.5. The summed E-state index contributed by atoms with van der Waals surface area (Å²) in [5.74, 6) is 1.21. The molecule has 0 saturated carbocycles. The Kier molecular flexibility index (Phi) is 3.84. The Labute approximate surface area is 128 Å². The molecule has 0 atom stereocenters. The van der Waals surface area contributed by atoms with E-state index >= 15 is 0 Å². The van der Waals surface area contributed by atoms with Crippen molar-refractivity contribution in [2.24, 2.45) is 0 Å². The predicted octanol–water partition coefficient (Wildman–Crippen LogP) is 4.90. The van der Waals surface area contributed by atoms with Gasteiger partial charge in [-0.05, 0) is 18.6 Å². The Morgan fingerprint density at radius 3 is 2.43 bits per heavy atom. The van der Waals surface area contributed by atoms with Gasteiger partial charge in [0.1, 0.15) is 17.2 Å². The van der Waals surface area contributed by atoms with Crippen LogP contribution < -0.4 is 4.74 Å². The molecule has 1 aromatic heterocycles. The lowest BCUT2D eigenvalue weighted by molar-refractivity contribution is 0.459. The molecule has 2 aromatic carbocycles. The molecule has 104 valence electrons. The highest BCUT2D eigenvalue weighted by molar-refractivity contribution is 6.30. The molecule has 4 heteroatoms. The minimum absolute atomic E-state index is 0.400. The monoisotopic (exact) mass is 296 g/mol. The number of hydrogen-bond donors (Lipinski definition) is 0. The molecule has 0 fully saturated rings. The summed E-state index contributed by atoms with van der Waals surface area (Å²) in [5, 5.41) is 0.400. The van der Waals surface area contributed by atoms with Crippen LogP contribution in [0.1, 0.15) is 5.56 Å². The first-order chi connectivity index (χ1) is 10.3. The second-order valence-corrected chi connectivity index (χ2v) is 4.92. The summed E-state index contributed by atoms with van der Waals surface area (Å²) >= 11 is 6.01. The summed E-state index contributed by atoms with van der Waals surface area (Å²) in [6.07, 6.45) is 1.40. The van der Waals surface area contributed by atoms with Gasteiger partial charge in [-0.25, -0.2) is 9.97 Å². The standard InChI is InChI=1S/C17H13ClN2O/c1-12-16(18)19-11-20-17(12)21-15-10-6-5-9-14(15)13-7-3-2-4-8-13/h2-11H,1H3. The van der Waals surface area contributed by atoms with E-state index in [0.717, 1.165) is 22.4 Å². The van der Waals surface area contributed by atoms with Gasteiger partial charge in [-0.2, -0.15) is 0 Å². The summed E-state index contributed by atoms with van der Waals surface area (Å²) in [5.41, 5.74) is 2.82. The fourth-order valence-electron chi connectivity index (χ4n) is 2.03. The van der Waals surface area contributed by atoms with Crippen LogP contribution in [-0.2, 0) is 0 Å².